The maximum atomic E-state index is 14.2. The van der Waals surface area contributed by atoms with Crippen LogP contribution in [0.2, 0.25) is 0 Å². The molecule has 0 spiro atoms. The van der Waals surface area contributed by atoms with Crippen LogP contribution in [0.25, 0.3) is 11.0 Å². The molecule has 5 nitrogen and oxygen atoms in total. The molecule has 3 aromatic rings. The first kappa shape index (κ1) is 16.2. The van der Waals surface area contributed by atoms with Crippen molar-refractivity contribution < 1.29 is 18.3 Å². The van der Waals surface area contributed by atoms with E-state index >= 15 is 0 Å². The highest BCUT2D eigenvalue weighted by atomic mass is 19.1. The van der Waals surface area contributed by atoms with Crippen LogP contribution >= 0.6 is 0 Å². The van der Waals surface area contributed by atoms with Crippen LogP contribution in [-0.2, 0) is 0 Å². The molecule has 2 aromatic carbocycles. The number of fused-ring (bicyclic) bond motifs is 1. The Balaban J connectivity index is 1.52. The second-order valence-electron chi connectivity index (χ2n) is 6.24. The van der Waals surface area contributed by atoms with Crippen molar-refractivity contribution in [1.29, 1.82) is 5.26 Å². The first-order valence-corrected chi connectivity index (χ1v) is 8.33. The smallest absolute Gasteiger partial charge is 0.259 e. The number of amides is 1. The Kier molecular flexibility index (Phi) is 4.05. The second kappa shape index (κ2) is 6.52. The molecule has 1 N–H and O–H groups in total. The van der Waals surface area contributed by atoms with E-state index in [0.717, 1.165) is 19.3 Å². The van der Waals surface area contributed by atoms with Crippen LogP contribution in [0, 0.1) is 17.1 Å². The van der Waals surface area contributed by atoms with E-state index in [9.17, 15) is 9.18 Å². The first-order valence-electron chi connectivity index (χ1n) is 8.33. The van der Waals surface area contributed by atoms with Crippen LogP contribution in [-0.4, -0.2) is 12.0 Å². The highest BCUT2D eigenvalue weighted by Crippen LogP contribution is 2.29. The molecule has 0 bridgehead atoms. The standard InChI is InChI=1S/C20H15FN2O3/c21-17-9-13(5-7-18(17)26-14-2-1-3-14)23-20(24)16-11-25-19-8-12(10-22)4-6-15(16)19/h4-9,11,14H,1-3H2,(H,23,24). The molecule has 1 amide bonds. The van der Waals surface area contributed by atoms with Crippen molar-refractivity contribution in [1.82, 2.24) is 0 Å². The second-order valence-corrected chi connectivity index (χ2v) is 6.24. The Hall–Kier alpha value is -3.33. The topological polar surface area (TPSA) is 75.3 Å². The molecule has 0 unspecified atom stereocenters. The molecule has 0 saturated heterocycles. The lowest BCUT2D eigenvalue weighted by atomic mass is 9.96. The molecule has 1 fully saturated rings. The van der Waals surface area contributed by atoms with E-state index in [0.29, 0.717) is 27.8 Å². The molecule has 1 heterocycles. The molecular weight excluding hydrogens is 335 g/mol. The third-order valence-electron chi connectivity index (χ3n) is 4.48. The highest BCUT2D eigenvalue weighted by Gasteiger charge is 2.21. The van der Waals surface area contributed by atoms with Gasteiger partial charge in [-0.25, -0.2) is 4.39 Å². The monoisotopic (exact) mass is 350 g/mol. The molecule has 130 valence electrons. The number of carbonyl (C=O) groups is 1. The number of nitrogens with one attached hydrogen (secondary N) is 1. The lowest BCUT2D eigenvalue weighted by Crippen LogP contribution is -2.25. The van der Waals surface area contributed by atoms with Crippen molar-refractivity contribution in [2.24, 2.45) is 0 Å². The SMILES string of the molecule is N#Cc1ccc2c(C(=O)Nc3ccc(OC4CCC4)c(F)c3)coc2c1. The predicted molar refractivity (Wildman–Crippen MR) is 93.5 cm³/mol. The van der Waals surface area contributed by atoms with Crippen molar-refractivity contribution in [2.45, 2.75) is 25.4 Å². The van der Waals surface area contributed by atoms with Gasteiger partial charge in [-0.3, -0.25) is 4.79 Å². The van der Waals surface area contributed by atoms with Crippen LogP contribution in [0.5, 0.6) is 5.75 Å². The summed E-state index contributed by atoms with van der Waals surface area (Å²) < 4.78 is 25.1. The summed E-state index contributed by atoms with van der Waals surface area (Å²) in [5, 5.41) is 12.2. The summed E-state index contributed by atoms with van der Waals surface area (Å²) in [6.07, 6.45) is 4.40. The third kappa shape index (κ3) is 3.00. The fourth-order valence-electron chi connectivity index (χ4n) is 2.81. The zero-order valence-corrected chi connectivity index (χ0v) is 13.8. The minimum Gasteiger partial charge on any atom is -0.487 e. The van der Waals surface area contributed by atoms with Gasteiger partial charge >= 0.3 is 0 Å². The number of nitriles is 1. The summed E-state index contributed by atoms with van der Waals surface area (Å²) in [4.78, 5) is 12.5. The van der Waals surface area contributed by atoms with E-state index in [1.165, 1.54) is 18.4 Å². The lowest BCUT2D eigenvalue weighted by molar-refractivity contribution is 0.102. The van der Waals surface area contributed by atoms with E-state index < -0.39 is 11.7 Å². The number of nitrogens with zero attached hydrogens (tertiary/aromatic N) is 1. The number of furan rings is 1. The zero-order valence-electron chi connectivity index (χ0n) is 13.8. The Labute approximate surface area is 149 Å². The number of benzene rings is 2. The molecule has 4 rings (SSSR count). The Morgan fingerprint density at radius 3 is 2.81 bits per heavy atom. The summed E-state index contributed by atoms with van der Waals surface area (Å²) in [5.74, 6) is -0.726. The van der Waals surface area contributed by atoms with E-state index in [-0.39, 0.29) is 11.9 Å². The lowest BCUT2D eigenvalue weighted by Gasteiger charge is -2.26. The van der Waals surface area contributed by atoms with Crippen molar-refractivity contribution in [2.75, 3.05) is 5.32 Å². The number of anilines is 1. The van der Waals surface area contributed by atoms with E-state index in [1.807, 2.05) is 6.07 Å². The van der Waals surface area contributed by atoms with Gasteiger partial charge in [0.2, 0.25) is 0 Å². The highest BCUT2D eigenvalue weighted by molar-refractivity contribution is 6.12. The Morgan fingerprint density at radius 2 is 2.12 bits per heavy atom. The predicted octanol–water partition coefficient (Wildman–Crippen LogP) is 4.63. The van der Waals surface area contributed by atoms with Crippen LogP contribution in [0.3, 0.4) is 0 Å². The molecule has 1 aromatic heterocycles. The number of hydrogen-bond donors (Lipinski definition) is 1. The van der Waals surface area contributed by atoms with Gasteiger partial charge in [-0.2, -0.15) is 5.26 Å². The number of ether oxygens (including phenoxy) is 1. The minimum atomic E-state index is -0.509. The summed E-state index contributed by atoms with van der Waals surface area (Å²) in [5.41, 5.74) is 1.55. The van der Waals surface area contributed by atoms with Gasteiger partial charge in [0.15, 0.2) is 11.6 Å². The van der Waals surface area contributed by atoms with Gasteiger partial charge in [0.05, 0.1) is 23.3 Å². The van der Waals surface area contributed by atoms with E-state index in [2.05, 4.69) is 5.32 Å². The van der Waals surface area contributed by atoms with Crippen molar-refractivity contribution in [3.63, 3.8) is 0 Å². The molecule has 1 saturated carbocycles. The zero-order chi connectivity index (χ0) is 18.1. The fourth-order valence-corrected chi connectivity index (χ4v) is 2.81. The van der Waals surface area contributed by atoms with E-state index in [1.54, 1.807) is 24.3 Å². The Morgan fingerprint density at radius 1 is 1.27 bits per heavy atom. The quantitative estimate of drug-likeness (QED) is 0.744. The number of rotatable bonds is 4. The summed E-state index contributed by atoms with van der Waals surface area (Å²) in [6.45, 7) is 0. The summed E-state index contributed by atoms with van der Waals surface area (Å²) >= 11 is 0. The van der Waals surface area contributed by atoms with Crippen LogP contribution in [0.1, 0.15) is 35.2 Å². The van der Waals surface area contributed by atoms with Gasteiger partial charge in [-0.15, -0.1) is 0 Å². The van der Waals surface area contributed by atoms with E-state index in [4.69, 9.17) is 14.4 Å². The molecule has 6 heteroatoms. The van der Waals surface area contributed by atoms with Gasteiger partial charge in [-0.05, 0) is 49.6 Å². The van der Waals surface area contributed by atoms with Crippen molar-refractivity contribution in [3.8, 4) is 11.8 Å². The number of carbonyl (C=O) groups excluding carboxylic acids is 1. The third-order valence-corrected chi connectivity index (χ3v) is 4.48. The average Bonchev–Trinajstić information content (AvgIpc) is 3.02. The molecule has 26 heavy (non-hydrogen) atoms. The summed E-state index contributed by atoms with van der Waals surface area (Å²) in [6, 6.07) is 11.2. The van der Waals surface area contributed by atoms with Crippen LogP contribution in [0.4, 0.5) is 10.1 Å². The van der Waals surface area contributed by atoms with Crippen LogP contribution in [0.15, 0.2) is 47.1 Å². The molecule has 0 atom stereocenters. The average molecular weight is 350 g/mol. The van der Waals surface area contributed by atoms with Gasteiger partial charge in [0.25, 0.3) is 5.91 Å². The van der Waals surface area contributed by atoms with Crippen LogP contribution < -0.4 is 10.1 Å². The van der Waals surface area contributed by atoms with Gasteiger partial charge < -0.3 is 14.5 Å². The molecule has 1 aliphatic carbocycles. The number of hydrogen-bond acceptors (Lipinski definition) is 4. The fraction of sp³-hybridized carbons (Fsp3) is 0.200. The van der Waals surface area contributed by atoms with Crippen molar-refractivity contribution in [3.05, 3.63) is 59.6 Å². The molecule has 0 radical (unpaired) electrons. The molecular formula is C20H15FN2O3. The summed E-state index contributed by atoms with van der Waals surface area (Å²) in [7, 11) is 0. The van der Waals surface area contributed by atoms with Gasteiger partial charge in [0.1, 0.15) is 11.8 Å². The first-order chi connectivity index (χ1) is 12.6. The normalized spacial score (nSPS) is 13.8. The van der Waals surface area contributed by atoms with Crippen molar-refractivity contribution >= 4 is 22.6 Å². The Bertz CT molecular complexity index is 1030. The molecule has 1 aliphatic rings. The van der Waals surface area contributed by atoms with Gasteiger partial charge in [0, 0.05) is 17.1 Å². The maximum Gasteiger partial charge on any atom is 0.259 e. The minimum absolute atomic E-state index is 0.0838. The molecule has 0 aliphatic heterocycles. The number of halogens is 1. The maximum absolute atomic E-state index is 14.2. The largest absolute Gasteiger partial charge is 0.487 e. The van der Waals surface area contributed by atoms with Gasteiger partial charge in [-0.1, -0.05) is 0 Å².